The van der Waals surface area contributed by atoms with E-state index in [4.69, 9.17) is 8.91 Å². The lowest BCUT2D eigenvalue weighted by atomic mass is 11.7. The molecular weight excluding hydrogens is 256 g/mol. The van der Waals surface area contributed by atoms with Gasteiger partial charge in [-0.2, -0.15) is 0 Å². The summed E-state index contributed by atoms with van der Waals surface area (Å²) >= 11 is 0. The van der Waals surface area contributed by atoms with E-state index in [0.29, 0.717) is 0 Å². The topological polar surface area (TPSA) is 49.7 Å². The molecule has 3 nitrogen and oxygen atoms in total. The van der Waals surface area contributed by atoms with Crippen LogP contribution in [0.25, 0.3) is 0 Å². The molecule has 15 heavy (non-hydrogen) atoms. The van der Waals surface area contributed by atoms with Gasteiger partial charge >= 0.3 is 8.56 Å². The Labute approximate surface area is 99.2 Å². The van der Waals surface area contributed by atoms with Crippen LogP contribution in [0.15, 0.2) is 0 Å². The van der Waals surface area contributed by atoms with Crippen molar-refractivity contribution in [2.75, 3.05) is 0 Å². The van der Waals surface area contributed by atoms with Gasteiger partial charge in [0.15, 0.2) is 0 Å². The van der Waals surface area contributed by atoms with Gasteiger partial charge in [0.05, 0.1) is 0 Å². The Bertz CT molecular complexity index is 181. The van der Waals surface area contributed by atoms with Crippen LogP contribution in [0.3, 0.4) is 0 Å². The van der Waals surface area contributed by atoms with Crippen molar-refractivity contribution in [3.05, 3.63) is 0 Å². The minimum Gasteiger partial charge on any atom is -0.420 e. The Morgan fingerprint density at radius 3 is 1.47 bits per heavy atom. The molecule has 0 atom stereocenters. The van der Waals surface area contributed by atoms with Crippen LogP contribution in [-0.4, -0.2) is 44.3 Å². The quantitative estimate of drug-likeness (QED) is 0.720. The van der Waals surface area contributed by atoms with Crippen molar-refractivity contribution in [1.82, 2.24) is 0 Å². The summed E-state index contributed by atoms with van der Waals surface area (Å²) in [6, 6.07) is 0. The zero-order valence-electron chi connectivity index (χ0n) is 10.9. The fraction of sp³-hybridized carbons (Fsp3) is 1.00. The summed E-state index contributed by atoms with van der Waals surface area (Å²) in [4.78, 5) is 19.6. The lowest BCUT2D eigenvalue weighted by Gasteiger charge is -2.34. The van der Waals surface area contributed by atoms with Crippen LogP contribution >= 0.6 is 0 Å². The van der Waals surface area contributed by atoms with Crippen LogP contribution in [0.1, 0.15) is 0 Å². The van der Waals surface area contributed by atoms with Crippen LogP contribution in [0.4, 0.5) is 0 Å². The van der Waals surface area contributed by atoms with E-state index in [1.165, 1.54) is 0 Å². The summed E-state index contributed by atoms with van der Waals surface area (Å²) in [6.45, 7) is 13.5. The summed E-state index contributed by atoms with van der Waals surface area (Å²) in [5, 5.41) is 0. The second-order valence-electron chi connectivity index (χ2n) is 6.69. The third-order valence-electron chi connectivity index (χ3n) is 1.95. The first-order chi connectivity index (χ1) is 6.47. The Morgan fingerprint density at radius 2 is 1.27 bits per heavy atom. The highest BCUT2D eigenvalue weighted by molar-refractivity contribution is 6.98. The largest absolute Gasteiger partial charge is 0.420 e. The molecule has 0 bridgehead atoms. The van der Waals surface area contributed by atoms with Gasteiger partial charge in [-0.25, -0.2) is 0 Å². The van der Waals surface area contributed by atoms with Crippen LogP contribution in [-0.2, 0) is 4.12 Å². The predicted octanol–water partition coefficient (Wildman–Crippen LogP) is 1.18. The molecule has 0 aliphatic heterocycles. The average Bonchev–Trinajstić information content (AvgIpc) is 1.74. The van der Waals surface area contributed by atoms with Crippen LogP contribution in [0.2, 0.25) is 50.6 Å². The number of rotatable bonds is 6. The maximum absolute atomic E-state index is 10.5. The van der Waals surface area contributed by atoms with Gasteiger partial charge in [0.25, 0.3) is 10.0 Å². The molecule has 0 aromatic carbocycles. The molecule has 0 amide bonds. The maximum Gasteiger partial charge on any atom is 0.320 e. The van der Waals surface area contributed by atoms with Gasteiger partial charge in [-0.05, 0) is 11.3 Å². The standard InChI is InChI=1S/C8H26O3Si4/c1-13(2,3)7-15(10,11-12-9)8-14(4,5)6/h9-10H,7-8,12H2,1-6H3. The molecule has 0 spiro atoms. The van der Waals surface area contributed by atoms with E-state index in [1.54, 1.807) is 0 Å². The first-order valence-electron chi connectivity index (χ1n) is 5.45. The molecule has 0 aromatic heterocycles. The lowest BCUT2D eigenvalue weighted by Crippen LogP contribution is -2.51. The second kappa shape index (κ2) is 5.39. The molecule has 0 unspecified atom stereocenters. The van der Waals surface area contributed by atoms with Gasteiger partial charge < -0.3 is 13.7 Å². The van der Waals surface area contributed by atoms with Crippen LogP contribution < -0.4 is 0 Å². The van der Waals surface area contributed by atoms with Crippen molar-refractivity contribution in [3.8, 4) is 0 Å². The van der Waals surface area contributed by atoms with Gasteiger partial charge in [0.1, 0.15) is 0 Å². The van der Waals surface area contributed by atoms with E-state index in [2.05, 4.69) is 39.3 Å². The summed E-state index contributed by atoms with van der Waals surface area (Å²) in [5.74, 6) is 0. The number of hydrogen-bond donors (Lipinski definition) is 2. The van der Waals surface area contributed by atoms with Crippen molar-refractivity contribution in [2.24, 2.45) is 0 Å². The van der Waals surface area contributed by atoms with E-state index in [0.717, 1.165) is 11.3 Å². The zero-order valence-corrected chi connectivity index (χ0v) is 15.3. The molecule has 0 rings (SSSR count). The Balaban J connectivity index is 4.59. The van der Waals surface area contributed by atoms with Gasteiger partial charge in [0, 0.05) is 16.1 Å². The predicted molar refractivity (Wildman–Crippen MR) is 76.1 cm³/mol. The highest BCUT2D eigenvalue weighted by atomic mass is 28.5. The van der Waals surface area contributed by atoms with Gasteiger partial charge in [0.2, 0.25) is 0 Å². The van der Waals surface area contributed by atoms with Crippen molar-refractivity contribution in [1.29, 1.82) is 0 Å². The second-order valence-corrected chi connectivity index (χ2v) is 23.1. The molecule has 0 aliphatic carbocycles. The molecule has 0 heterocycles. The molecule has 2 N–H and O–H groups in total. The van der Waals surface area contributed by atoms with E-state index < -0.39 is 34.7 Å². The van der Waals surface area contributed by atoms with Gasteiger partial charge in [-0.1, -0.05) is 39.3 Å². The third kappa shape index (κ3) is 8.54. The molecule has 0 aromatic rings. The zero-order chi connectivity index (χ0) is 12.3. The highest BCUT2D eigenvalue weighted by Gasteiger charge is 2.41. The Kier molecular flexibility index (Phi) is 5.65. The van der Waals surface area contributed by atoms with Gasteiger partial charge in [-0.3, -0.25) is 0 Å². The first kappa shape index (κ1) is 15.7. The van der Waals surface area contributed by atoms with Crippen LogP contribution in [0.5, 0.6) is 0 Å². The lowest BCUT2D eigenvalue weighted by molar-refractivity contribution is 0.354. The number of hydrogen-bond acceptors (Lipinski definition) is 3. The smallest absolute Gasteiger partial charge is 0.320 e. The normalized spacial score (nSPS) is 15.2. The minimum absolute atomic E-state index is 0.859. The Morgan fingerprint density at radius 1 is 0.933 bits per heavy atom. The van der Waals surface area contributed by atoms with Crippen molar-refractivity contribution in [3.63, 3.8) is 0 Å². The molecule has 0 saturated carbocycles. The highest BCUT2D eigenvalue weighted by Crippen LogP contribution is 2.26. The van der Waals surface area contributed by atoms with E-state index in [1.807, 2.05) is 0 Å². The molecule has 0 fully saturated rings. The molecule has 7 heteroatoms. The van der Waals surface area contributed by atoms with Crippen LogP contribution in [0, 0.1) is 0 Å². The molecule has 0 aliphatic rings. The van der Waals surface area contributed by atoms with Crippen molar-refractivity contribution in [2.45, 2.75) is 50.6 Å². The SMILES string of the molecule is C[Si](C)(C)C[Si](O)(C[Si](C)(C)C)O[SiH2]O. The maximum atomic E-state index is 10.5. The van der Waals surface area contributed by atoms with Crippen molar-refractivity contribution < 1.29 is 13.7 Å². The fourth-order valence-electron chi connectivity index (χ4n) is 1.94. The molecular formula is C8H26O3Si4. The summed E-state index contributed by atoms with van der Waals surface area (Å²) in [7, 11) is -6.68. The van der Waals surface area contributed by atoms with Gasteiger partial charge in [-0.15, -0.1) is 0 Å². The first-order valence-corrected chi connectivity index (χ1v) is 16.3. The molecule has 0 radical (unpaired) electrons. The average molecular weight is 283 g/mol. The monoisotopic (exact) mass is 282 g/mol. The molecule has 92 valence electrons. The third-order valence-corrected chi connectivity index (χ3v) is 17.5. The van der Waals surface area contributed by atoms with E-state index in [-0.39, 0.29) is 0 Å². The fourth-order valence-corrected chi connectivity index (χ4v) is 20.4. The summed E-state index contributed by atoms with van der Waals surface area (Å²) in [6.07, 6.45) is 0. The minimum atomic E-state index is -2.59. The summed E-state index contributed by atoms with van der Waals surface area (Å²) in [5.41, 5.74) is 1.72. The van der Waals surface area contributed by atoms with E-state index >= 15 is 0 Å². The van der Waals surface area contributed by atoms with Crippen molar-refractivity contribution >= 4 is 34.7 Å². The molecule has 0 saturated heterocycles. The van der Waals surface area contributed by atoms with E-state index in [9.17, 15) is 4.80 Å². The summed E-state index contributed by atoms with van der Waals surface area (Å²) < 4.78 is 5.44. The Hall–Kier alpha value is 0.748.